The van der Waals surface area contributed by atoms with Gasteiger partial charge in [-0.25, -0.2) is 30.0 Å². The zero-order valence-electron chi connectivity index (χ0n) is 12.9. The predicted molar refractivity (Wildman–Crippen MR) is 83.2 cm³/mol. The summed E-state index contributed by atoms with van der Waals surface area (Å²) in [6.07, 6.45) is 0.869. The van der Waals surface area contributed by atoms with Crippen LogP contribution in [0, 0.1) is 17.5 Å². The Balaban J connectivity index is 2.58. The van der Waals surface area contributed by atoms with Crippen molar-refractivity contribution in [2.24, 2.45) is 0 Å². The molecule has 2 rings (SSSR count). The minimum absolute atomic E-state index is 0.220. The van der Waals surface area contributed by atoms with Gasteiger partial charge in [0, 0.05) is 6.26 Å². The molecule has 0 atom stereocenters. The Morgan fingerprint density at radius 1 is 0.960 bits per heavy atom. The number of halogens is 3. The summed E-state index contributed by atoms with van der Waals surface area (Å²) in [5.41, 5.74) is -0.842. The average Bonchev–Trinajstić information content (AvgIpc) is 2.54. The van der Waals surface area contributed by atoms with E-state index in [1.165, 1.54) is 0 Å². The minimum atomic E-state index is -4.56. The summed E-state index contributed by atoms with van der Waals surface area (Å²) in [6.45, 7) is 0. The van der Waals surface area contributed by atoms with E-state index in [1.54, 1.807) is 4.72 Å². The molecule has 0 aliphatic heterocycles. The first kappa shape index (κ1) is 19.1. The van der Waals surface area contributed by atoms with Crippen LogP contribution in [0.3, 0.4) is 0 Å². The fourth-order valence-electron chi connectivity index (χ4n) is 1.90. The molecule has 0 fully saturated rings. The molecule has 2 aromatic rings. The van der Waals surface area contributed by atoms with Crippen molar-refractivity contribution >= 4 is 25.5 Å². The van der Waals surface area contributed by atoms with E-state index >= 15 is 0 Å². The number of nitrogens with one attached hydrogen (secondary N) is 1. The molecule has 0 amide bonds. The van der Waals surface area contributed by atoms with Gasteiger partial charge in [0.05, 0.1) is 17.7 Å². The van der Waals surface area contributed by atoms with Crippen LogP contribution >= 0.6 is 0 Å². The summed E-state index contributed by atoms with van der Waals surface area (Å²) in [4.78, 5) is -0.929. The van der Waals surface area contributed by atoms with Crippen LogP contribution in [0.4, 0.5) is 18.9 Å². The first-order valence-electron chi connectivity index (χ1n) is 6.52. The predicted octanol–water partition coefficient (Wildman–Crippen LogP) is 2.32. The lowest BCUT2D eigenvalue weighted by atomic mass is 10.3. The molecule has 0 aromatic heterocycles. The zero-order chi connectivity index (χ0) is 19.0. The Hall–Kier alpha value is -2.27. The second-order valence-corrected chi connectivity index (χ2v) is 8.58. The van der Waals surface area contributed by atoms with Crippen molar-refractivity contribution in [2.75, 3.05) is 18.1 Å². The molecule has 0 unspecified atom stereocenters. The third-order valence-electron chi connectivity index (χ3n) is 3.13. The number of sulfonamides is 1. The summed E-state index contributed by atoms with van der Waals surface area (Å²) in [5.74, 6) is -5.29. The standard InChI is InChI=1S/C14H12F3NO5S2/c1-23-11-6-3-8(24(2,19)20)7-12(11)25(21,22)18-10-5-4-9(15)13(16)14(10)17/h3-7,18H,1-2H3. The molecule has 2 aromatic carbocycles. The first-order valence-corrected chi connectivity index (χ1v) is 9.89. The van der Waals surface area contributed by atoms with E-state index in [2.05, 4.69) is 0 Å². The van der Waals surface area contributed by atoms with Crippen LogP contribution in [-0.4, -0.2) is 30.2 Å². The Bertz CT molecular complexity index is 1040. The van der Waals surface area contributed by atoms with E-state index in [-0.39, 0.29) is 10.6 Å². The highest BCUT2D eigenvalue weighted by Gasteiger charge is 2.25. The van der Waals surface area contributed by atoms with Gasteiger partial charge in [-0.15, -0.1) is 0 Å². The maximum Gasteiger partial charge on any atom is 0.265 e. The highest BCUT2D eigenvalue weighted by Crippen LogP contribution is 2.30. The van der Waals surface area contributed by atoms with Gasteiger partial charge in [0.25, 0.3) is 10.0 Å². The fraction of sp³-hybridized carbons (Fsp3) is 0.143. The van der Waals surface area contributed by atoms with Crippen LogP contribution < -0.4 is 9.46 Å². The fourth-order valence-corrected chi connectivity index (χ4v) is 3.88. The van der Waals surface area contributed by atoms with Gasteiger partial charge in [0.2, 0.25) is 0 Å². The van der Waals surface area contributed by atoms with Crippen molar-refractivity contribution < 1.29 is 34.7 Å². The molecule has 11 heteroatoms. The van der Waals surface area contributed by atoms with Gasteiger partial charge in [-0.2, -0.15) is 0 Å². The number of sulfone groups is 1. The molecule has 0 saturated carbocycles. The highest BCUT2D eigenvalue weighted by atomic mass is 32.2. The SMILES string of the molecule is COc1ccc(S(C)(=O)=O)cc1S(=O)(=O)Nc1ccc(F)c(F)c1F. The number of anilines is 1. The molecule has 25 heavy (non-hydrogen) atoms. The van der Waals surface area contributed by atoms with E-state index in [9.17, 15) is 30.0 Å². The van der Waals surface area contributed by atoms with E-state index in [0.29, 0.717) is 12.1 Å². The van der Waals surface area contributed by atoms with E-state index < -0.39 is 47.9 Å². The summed E-state index contributed by atoms with van der Waals surface area (Å²) in [5, 5.41) is 0. The topological polar surface area (TPSA) is 89.5 Å². The largest absolute Gasteiger partial charge is 0.495 e. The highest BCUT2D eigenvalue weighted by molar-refractivity contribution is 7.93. The number of hydrogen-bond acceptors (Lipinski definition) is 5. The number of ether oxygens (including phenoxy) is 1. The maximum atomic E-state index is 13.7. The van der Waals surface area contributed by atoms with Gasteiger partial charge in [-0.3, -0.25) is 4.72 Å². The lowest BCUT2D eigenvalue weighted by molar-refractivity contribution is 0.402. The molecule has 0 bridgehead atoms. The van der Waals surface area contributed by atoms with Crippen molar-refractivity contribution in [3.63, 3.8) is 0 Å². The number of rotatable bonds is 5. The van der Waals surface area contributed by atoms with Gasteiger partial charge in [-0.1, -0.05) is 0 Å². The van der Waals surface area contributed by atoms with Crippen molar-refractivity contribution in [3.05, 3.63) is 47.8 Å². The number of hydrogen-bond donors (Lipinski definition) is 1. The smallest absolute Gasteiger partial charge is 0.265 e. The van der Waals surface area contributed by atoms with E-state index in [1.807, 2.05) is 0 Å². The van der Waals surface area contributed by atoms with Crippen molar-refractivity contribution in [3.8, 4) is 5.75 Å². The molecule has 0 radical (unpaired) electrons. The summed E-state index contributed by atoms with van der Waals surface area (Å²) >= 11 is 0. The zero-order valence-corrected chi connectivity index (χ0v) is 14.5. The lowest BCUT2D eigenvalue weighted by Crippen LogP contribution is -2.16. The summed E-state index contributed by atoms with van der Waals surface area (Å²) < 4.78 is 94.6. The molecule has 136 valence electrons. The third kappa shape index (κ3) is 3.87. The summed E-state index contributed by atoms with van der Waals surface area (Å²) in [6, 6.07) is 4.28. The Morgan fingerprint density at radius 3 is 2.16 bits per heavy atom. The normalized spacial score (nSPS) is 12.0. The van der Waals surface area contributed by atoms with Crippen molar-refractivity contribution in [2.45, 2.75) is 9.79 Å². The first-order chi connectivity index (χ1) is 11.5. The van der Waals surface area contributed by atoms with Gasteiger partial charge in [-0.05, 0) is 30.3 Å². The van der Waals surface area contributed by atoms with E-state index in [4.69, 9.17) is 4.74 Å². The number of benzene rings is 2. The van der Waals surface area contributed by atoms with Crippen molar-refractivity contribution in [1.29, 1.82) is 0 Å². The van der Waals surface area contributed by atoms with Gasteiger partial charge in [0.15, 0.2) is 27.3 Å². The van der Waals surface area contributed by atoms with Gasteiger partial charge in [0.1, 0.15) is 10.6 Å². The Labute approximate surface area is 142 Å². The molecule has 0 heterocycles. The average molecular weight is 395 g/mol. The van der Waals surface area contributed by atoms with Gasteiger partial charge >= 0.3 is 0 Å². The molecule has 0 spiro atoms. The molecule has 0 aliphatic carbocycles. The summed E-state index contributed by atoms with van der Waals surface area (Å²) in [7, 11) is -7.15. The monoisotopic (exact) mass is 395 g/mol. The van der Waals surface area contributed by atoms with Crippen LogP contribution in [0.1, 0.15) is 0 Å². The molecule has 6 nitrogen and oxygen atoms in total. The Morgan fingerprint density at radius 2 is 1.60 bits per heavy atom. The van der Waals surface area contributed by atoms with Crippen LogP contribution in [0.2, 0.25) is 0 Å². The van der Waals surface area contributed by atoms with Crippen LogP contribution in [0.5, 0.6) is 5.75 Å². The molecule has 0 saturated heterocycles. The molecule has 1 N–H and O–H groups in total. The molecular formula is C14H12F3NO5S2. The maximum absolute atomic E-state index is 13.7. The number of methoxy groups -OCH3 is 1. The molecular weight excluding hydrogens is 383 g/mol. The van der Waals surface area contributed by atoms with Crippen LogP contribution in [0.15, 0.2) is 40.1 Å². The lowest BCUT2D eigenvalue weighted by Gasteiger charge is -2.13. The third-order valence-corrected chi connectivity index (χ3v) is 5.63. The van der Waals surface area contributed by atoms with Gasteiger partial charge < -0.3 is 4.74 Å². The van der Waals surface area contributed by atoms with Crippen LogP contribution in [0.25, 0.3) is 0 Å². The Kier molecular flexibility index (Phi) is 5.00. The molecule has 0 aliphatic rings. The second kappa shape index (κ2) is 6.56. The minimum Gasteiger partial charge on any atom is -0.495 e. The van der Waals surface area contributed by atoms with Crippen LogP contribution in [-0.2, 0) is 19.9 Å². The quantitative estimate of drug-likeness (QED) is 0.785. The van der Waals surface area contributed by atoms with E-state index in [0.717, 1.165) is 31.6 Å². The van der Waals surface area contributed by atoms with Crippen molar-refractivity contribution in [1.82, 2.24) is 0 Å². The second-order valence-electron chi connectivity index (χ2n) is 4.91.